The number of rotatable bonds is 6. The molecule has 0 spiro atoms. The summed E-state index contributed by atoms with van der Waals surface area (Å²) >= 11 is 0. The lowest BCUT2D eigenvalue weighted by Gasteiger charge is -2.25. The number of fused-ring (bicyclic) bond motifs is 2. The van der Waals surface area contributed by atoms with E-state index in [9.17, 15) is 29.4 Å². The van der Waals surface area contributed by atoms with Gasteiger partial charge < -0.3 is 19.7 Å². The standard InChI is InChI=1S/C25H24N4O8/c1-13(2)36-23(34)29-18-11-14(9-10-16(18)20(27-29)22(32)33)12-25(3,4)37-24(35)28-17-8-6-5-7-15(17)19(26-28)21(30)31/h5-11,13H,12H2,1-4H3,(H,30,31)(H,32,33). The Morgan fingerprint density at radius 2 is 1.43 bits per heavy atom. The Hall–Kier alpha value is -4.74. The van der Waals surface area contributed by atoms with Crippen LogP contribution in [0.5, 0.6) is 0 Å². The Bertz CT molecular complexity index is 1560. The van der Waals surface area contributed by atoms with E-state index >= 15 is 0 Å². The summed E-state index contributed by atoms with van der Waals surface area (Å²) in [4.78, 5) is 48.7. The number of hydrogen-bond donors (Lipinski definition) is 2. The number of nitrogens with zero attached hydrogens (tertiary/aromatic N) is 4. The van der Waals surface area contributed by atoms with E-state index in [1.807, 2.05) is 0 Å². The average molecular weight is 508 g/mol. The molecule has 0 aliphatic heterocycles. The zero-order valence-corrected chi connectivity index (χ0v) is 20.5. The van der Waals surface area contributed by atoms with Gasteiger partial charge in [-0.2, -0.15) is 19.6 Å². The molecule has 0 radical (unpaired) electrons. The van der Waals surface area contributed by atoms with Crippen LogP contribution in [0, 0.1) is 0 Å². The summed E-state index contributed by atoms with van der Waals surface area (Å²) in [6.45, 7) is 6.64. The van der Waals surface area contributed by atoms with Crippen molar-refractivity contribution in [3.63, 3.8) is 0 Å². The maximum absolute atomic E-state index is 13.0. The Labute approximate surface area is 210 Å². The molecule has 4 aromatic rings. The fraction of sp³-hybridized carbons (Fsp3) is 0.280. The maximum atomic E-state index is 13.0. The predicted octanol–water partition coefficient (Wildman–Crippen LogP) is 4.18. The van der Waals surface area contributed by atoms with Gasteiger partial charge in [0, 0.05) is 17.2 Å². The molecule has 2 N–H and O–H groups in total. The number of aromatic nitrogens is 4. The van der Waals surface area contributed by atoms with E-state index in [0.717, 1.165) is 9.36 Å². The smallest absolute Gasteiger partial charge is 0.435 e. The summed E-state index contributed by atoms with van der Waals surface area (Å²) in [6, 6.07) is 11.2. The van der Waals surface area contributed by atoms with Crippen LogP contribution in [0.1, 0.15) is 54.2 Å². The molecule has 0 bridgehead atoms. The summed E-state index contributed by atoms with van der Waals surface area (Å²) in [7, 11) is 0. The second-order valence-corrected chi connectivity index (χ2v) is 9.24. The van der Waals surface area contributed by atoms with Crippen LogP contribution >= 0.6 is 0 Å². The molecule has 0 saturated heterocycles. The fourth-order valence-electron chi connectivity index (χ4n) is 3.99. The van der Waals surface area contributed by atoms with Crippen LogP contribution in [-0.2, 0) is 15.9 Å². The van der Waals surface area contributed by atoms with E-state index in [0.29, 0.717) is 10.9 Å². The van der Waals surface area contributed by atoms with Gasteiger partial charge in [-0.25, -0.2) is 19.2 Å². The van der Waals surface area contributed by atoms with Crippen molar-refractivity contribution in [3.05, 3.63) is 59.4 Å². The molecule has 192 valence electrons. The topological polar surface area (TPSA) is 163 Å². The number of carboxylic acid groups (broad SMARTS) is 2. The largest absolute Gasteiger partial charge is 0.476 e. The summed E-state index contributed by atoms with van der Waals surface area (Å²) in [5.74, 6) is -2.57. The highest BCUT2D eigenvalue weighted by Gasteiger charge is 2.29. The molecule has 2 aromatic carbocycles. The van der Waals surface area contributed by atoms with Crippen molar-refractivity contribution >= 4 is 45.9 Å². The zero-order chi connectivity index (χ0) is 27.1. The summed E-state index contributed by atoms with van der Waals surface area (Å²) < 4.78 is 12.7. The molecule has 0 amide bonds. The lowest BCUT2D eigenvalue weighted by atomic mass is 9.97. The molecule has 0 unspecified atom stereocenters. The number of aromatic carboxylic acids is 2. The van der Waals surface area contributed by atoms with Crippen LogP contribution in [0.4, 0.5) is 9.59 Å². The molecule has 37 heavy (non-hydrogen) atoms. The first-order chi connectivity index (χ1) is 17.4. The van der Waals surface area contributed by atoms with Crippen LogP contribution < -0.4 is 0 Å². The minimum Gasteiger partial charge on any atom is -0.476 e. The number of carbonyl (C=O) groups is 4. The van der Waals surface area contributed by atoms with E-state index in [-0.39, 0.29) is 34.2 Å². The third-order valence-electron chi connectivity index (χ3n) is 5.41. The van der Waals surface area contributed by atoms with E-state index in [2.05, 4.69) is 10.2 Å². The van der Waals surface area contributed by atoms with Crippen molar-refractivity contribution in [3.8, 4) is 0 Å². The van der Waals surface area contributed by atoms with Crippen LogP contribution in [0.25, 0.3) is 21.8 Å². The van der Waals surface area contributed by atoms with Crippen LogP contribution in [0.2, 0.25) is 0 Å². The molecular formula is C25H24N4O8. The highest BCUT2D eigenvalue weighted by molar-refractivity contribution is 6.04. The van der Waals surface area contributed by atoms with Crippen molar-refractivity contribution in [1.29, 1.82) is 0 Å². The Balaban J connectivity index is 1.64. The molecule has 0 aliphatic carbocycles. The minimum atomic E-state index is -1.30. The predicted molar refractivity (Wildman–Crippen MR) is 130 cm³/mol. The van der Waals surface area contributed by atoms with E-state index in [1.165, 1.54) is 6.07 Å². The molecular weight excluding hydrogens is 484 g/mol. The van der Waals surface area contributed by atoms with Gasteiger partial charge in [-0.15, -0.1) is 0 Å². The van der Waals surface area contributed by atoms with E-state index < -0.39 is 35.8 Å². The Morgan fingerprint density at radius 3 is 2.03 bits per heavy atom. The Morgan fingerprint density at radius 1 is 0.865 bits per heavy atom. The normalized spacial score (nSPS) is 11.7. The van der Waals surface area contributed by atoms with Gasteiger partial charge in [0.15, 0.2) is 11.4 Å². The van der Waals surface area contributed by atoms with Gasteiger partial charge in [0.25, 0.3) is 0 Å². The fourth-order valence-corrected chi connectivity index (χ4v) is 3.99. The number of carboxylic acids is 2. The molecule has 4 rings (SSSR count). The molecule has 12 heteroatoms. The number of benzene rings is 2. The van der Waals surface area contributed by atoms with Crippen molar-refractivity contribution in [2.75, 3.05) is 0 Å². The molecule has 0 fully saturated rings. The summed E-state index contributed by atoms with van der Waals surface area (Å²) in [6.07, 6.45) is -1.96. The van der Waals surface area contributed by atoms with Crippen LogP contribution in [-0.4, -0.2) is 65.6 Å². The number of carbonyl (C=O) groups excluding carboxylic acids is 2. The highest BCUT2D eigenvalue weighted by atomic mass is 16.6. The molecule has 0 saturated carbocycles. The van der Waals surface area contributed by atoms with Crippen molar-refractivity contribution in [2.24, 2.45) is 0 Å². The van der Waals surface area contributed by atoms with Crippen LogP contribution in [0.3, 0.4) is 0 Å². The molecule has 0 aliphatic rings. The summed E-state index contributed by atoms with van der Waals surface area (Å²) in [5.41, 5.74) is -0.528. The van der Waals surface area contributed by atoms with Gasteiger partial charge in [-0.05, 0) is 45.4 Å². The van der Waals surface area contributed by atoms with E-state index in [4.69, 9.17) is 9.47 Å². The van der Waals surface area contributed by atoms with Gasteiger partial charge in [-0.1, -0.05) is 30.3 Å². The van der Waals surface area contributed by atoms with Crippen molar-refractivity contribution < 1.29 is 38.9 Å². The highest BCUT2D eigenvalue weighted by Crippen LogP contribution is 2.26. The monoisotopic (exact) mass is 508 g/mol. The van der Waals surface area contributed by atoms with Crippen LogP contribution in [0.15, 0.2) is 42.5 Å². The van der Waals surface area contributed by atoms with Gasteiger partial charge in [0.2, 0.25) is 0 Å². The van der Waals surface area contributed by atoms with Gasteiger partial charge >= 0.3 is 24.1 Å². The van der Waals surface area contributed by atoms with Gasteiger partial charge in [-0.3, -0.25) is 0 Å². The number of para-hydroxylation sites is 1. The van der Waals surface area contributed by atoms with Crippen molar-refractivity contribution in [2.45, 2.75) is 45.8 Å². The number of ether oxygens (including phenoxy) is 2. The molecule has 0 atom stereocenters. The molecule has 2 heterocycles. The van der Waals surface area contributed by atoms with Gasteiger partial charge in [0.05, 0.1) is 17.1 Å². The van der Waals surface area contributed by atoms with Crippen molar-refractivity contribution in [1.82, 2.24) is 19.6 Å². The molecule has 12 nitrogen and oxygen atoms in total. The Kier molecular flexibility index (Phi) is 6.42. The lowest BCUT2D eigenvalue weighted by Crippen LogP contribution is -2.33. The SMILES string of the molecule is CC(C)OC(=O)n1nc(C(=O)O)c2ccc(CC(C)(C)OC(=O)n3nc(C(=O)O)c4ccccc43)cc21. The zero-order valence-electron chi connectivity index (χ0n) is 20.5. The second-order valence-electron chi connectivity index (χ2n) is 9.24. The first-order valence-electron chi connectivity index (χ1n) is 11.3. The molecule has 2 aromatic heterocycles. The lowest BCUT2D eigenvalue weighted by molar-refractivity contribution is 0.0388. The first kappa shape index (κ1) is 25.4. The number of hydrogen-bond acceptors (Lipinski definition) is 8. The quantitative estimate of drug-likeness (QED) is 0.386. The second kappa shape index (κ2) is 9.37. The maximum Gasteiger partial charge on any atom is 0.435 e. The minimum absolute atomic E-state index is 0.173. The third kappa shape index (κ3) is 4.99. The first-order valence-corrected chi connectivity index (χ1v) is 11.3. The van der Waals surface area contributed by atoms with Gasteiger partial charge in [0.1, 0.15) is 5.60 Å². The average Bonchev–Trinajstić information content (AvgIpc) is 3.37. The summed E-state index contributed by atoms with van der Waals surface area (Å²) in [5, 5.41) is 27.3. The van der Waals surface area contributed by atoms with E-state index in [1.54, 1.807) is 64.1 Å². The third-order valence-corrected chi connectivity index (χ3v) is 5.41.